The van der Waals surface area contributed by atoms with Crippen LogP contribution in [-0.2, 0) is 9.59 Å². The lowest BCUT2D eigenvalue weighted by Crippen LogP contribution is -2.40. The van der Waals surface area contributed by atoms with Gasteiger partial charge in [0.1, 0.15) is 6.54 Å². The Kier molecular flexibility index (Phi) is 5.50. The number of hydrogen-bond donors (Lipinski definition) is 2. The lowest BCUT2D eigenvalue weighted by molar-refractivity contribution is -0.143. The molecule has 0 saturated heterocycles. The summed E-state index contributed by atoms with van der Waals surface area (Å²) in [5.74, 6) is -1.96. The number of carbonyl (C=O) groups is 3. The van der Waals surface area contributed by atoms with Crippen molar-refractivity contribution in [1.29, 1.82) is 0 Å². The standard InChI is InChI=1S/C12H13BrN2O4/c1-15(7-11(17)18)10(16)6-14-12(19)8-3-2-4-9(13)5-8/h2-5H,6-7H2,1H3,(H,14,19)(H,17,18). The number of benzene rings is 1. The van der Waals surface area contributed by atoms with Crippen LogP contribution in [0.2, 0.25) is 0 Å². The van der Waals surface area contributed by atoms with Gasteiger partial charge >= 0.3 is 5.97 Å². The summed E-state index contributed by atoms with van der Waals surface area (Å²) in [5, 5.41) is 11.0. The van der Waals surface area contributed by atoms with Crippen LogP contribution in [-0.4, -0.2) is 47.9 Å². The molecule has 19 heavy (non-hydrogen) atoms. The molecule has 0 heterocycles. The highest BCUT2D eigenvalue weighted by atomic mass is 79.9. The zero-order valence-corrected chi connectivity index (χ0v) is 11.8. The molecule has 6 nitrogen and oxygen atoms in total. The highest BCUT2D eigenvalue weighted by molar-refractivity contribution is 9.10. The number of hydrogen-bond acceptors (Lipinski definition) is 3. The molecule has 0 saturated carbocycles. The molecule has 1 aromatic carbocycles. The topological polar surface area (TPSA) is 86.7 Å². The van der Waals surface area contributed by atoms with E-state index >= 15 is 0 Å². The lowest BCUT2D eigenvalue weighted by atomic mass is 10.2. The summed E-state index contributed by atoms with van der Waals surface area (Å²) in [6.45, 7) is -0.638. The maximum atomic E-state index is 11.7. The minimum absolute atomic E-state index is 0.241. The minimum atomic E-state index is -1.10. The number of nitrogens with one attached hydrogen (secondary N) is 1. The number of nitrogens with zero attached hydrogens (tertiary/aromatic N) is 1. The maximum Gasteiger partial charge on any atom is 0.323 e. The highest BCUT2D eigenvalue weighted by Gasteiger charge is 2.13. The van der Waals surface area contributed by atoms with Crippen molar-refractivity contribution in [2.75, 3.05) is 20.1 Å². The van der Waals surface area contributed by atoms with E-state index in [1.807, 2.05) is 0 Å². The number of amides is 2. The van der Waals surface area contributed by atoms with E-state index < -0.39 is 24.3 Å². The number of rotatable bonds is 5. The van der Waals surface area contributed by atoms with Crippen LogP contribution in [0.3, 0.4) is 0 Å². The monoisotopic (exact) mass is 328 g/mol. The molecule has 0 radical (unpaired) electrons. The second kappa shape index (κ2) is 6.89. The third-order valence-corrected chi connectivity index (χ3v) is 2.78. The van der Waals surface area contributed by atoms with Gasteiger partial charge in [-0.25, -0.2) is 0 Å². The lowest BCUT2D eigenvalue weighted by Gasteiger charge is -2.14. The molecule has 102 valence electrons. The van der Waals surface area contributed by atoms with Gasteiger partial charge in [0.2, 0.25) is 5.91 Å². The number of likely N-dealkylation sites (N-methyl/N-ethyl adjacent to an activating group) is 1. The van der Waals surface area contributed by atoms with Crippen LogP contribution < -0.4 is 5.32 Å². The maximum absolute atomic E-state index is 11.7. The Morgan fingerprint density at radius 1 is 1.37 bits per heavy atom. The Morgan fingerprint density at radius 2 is 2.05 bits per heavy atom. The molecule has 0 atom stereocenters. The van der Waals surface area contributed by atoms with Gasteiger partial charge in [0.25, 0.3) is 5.91 Å². The number of carbonyl (C=O) groups excluding carboxylic acids is 2. The number of aliphatic carboxylic acids is 1. The van der Waals surface area contributed by atoms with Crippen LogP contribution in [0.25, 0.3) is 0 Å². The zero-order chi connectivity index (χ0) is 14.4. The summed E-state index contributed by atoms with van der Waals surface area (Å²) >= 11 is 3.24. The van der Waals surface area contributed by atoms with Crippen molar-refractivity contribution in [2.24, 2.45) is 0 Å². The molecule has 0 aliphatic rings. The summed E-state index contributed by atoms with van der Waals surface area (Å²) < 4.78 is 0.759. The van der Waals surface area contributed by atoms with Crippen LogP contribution in [0, 0.1) is 0 Å². The van der Waals surface area contributed by atoms with E-state index in [1.54, 1.807) is 24.3 Å². The first-order valence-corrected chi connectivity index (χ1v) is 6.19. The third kappa shape index (κ3) is 5.09. The van der Waals surface area contributed by atoms with Gasteiger partial charge in [-0.15, -0.1) is 0 Å². The fourth-order valence-corrected chi connectivity index (χ4v) is 1.71. The predicted octanol–water partition coefficient (Wildman–Crippen LogP) is 0.722. The van der Waals surface area contributed by atoms with Crippen molar-refractivity contribution in [3.63, 3.8) is 0 Å². The second-order valence-corrected chi connectivity index (χ2v) is 4.75. The van der Waals surface area contributed by atoms with Gasteiger partial charge in [-0.3, -0.25) is 14.4 Å². The number of halogens is 1. The first-order valence-electron chi connectivity index (χ1n) is 5.39. The van der Waals surface area contributed by atoms with Crippen LogP contribution in [0.4, 0.5) is 0 Å². The van der Waals surface area contributed by atoms with Crippen molar-refractivity contribution in [3.8, 4) is 0 Å². The Bertz CT molecular complexity index is 504. The molecule has 1 rings (SSSR count). The fraction of sp³-hybridized carbons (Fsp3) is 0.250. The van der Waals surface area contributed by atoms with Crippen molar-refractivity contribution >= 4 is 33.7 Å². The molecule has 1 aromatic rings. The second-order valence-electron chi connectivity index (χ2n) is 3.84. The Labute approximate surface area is 118 Å². The van der Waals surface area contributed by atoms with Gasteiger partial charge in [0, 0.05) is 17.1 Å². The van der Waals surface area contributed by atoms with E-state index in [0.717, 1.165) is 9.37 Å². The van der Waals surface area contributed by atoms with Gasteiger partial charge < -0.3 is 15.3 Å². The molecule has 0 bridgehead atoms. The van der Waals surface area contributed by atoms with Gasteiger partial charge in [-0.2, -0.15) is 0 Å². The van der Waals surface area contributed by atoms with Crippen LogP contribution in [0.1, 0.15) is 10.4 Å². The molecule has 0 fully saturated rings. The average molecular weight is 329 g/mol. The molecular weight excluding hydrogens is 316 g/mol. The SMILES string of the molecule is CN(CC(=O)O)C(=O)CNC(=O)c1cccc(Br)c1. The van der Waals surface area contributed by atoms with Crippen molar-refractivity contribution in [3.05, 3.63) is 34.3 Å². The predicted molar refractivity (Wildman–Crippen MR) is 71.7 cm³/mol. The van der Waals surface area contributed by atoms with Crippen molar-refractivity contribution < 1.29 is 19.5 Å². The van der Waals surface area contributed by atoms with E-state index in [4.69, 9.17) is 5.11 Å². The third-order valence-electron chi connectivity index (χ3n) is 2.29. The summed E-state index contributed by atoms with van der Waals surface area (Å²) in [6, 6.07) is 6.73. The summed E-state index contributed by atoms with van der Waals surface area (Å²) in [6.07, 6.45) is 0. The van der Waals surface area contributed by atoms with Gasteiger partial charge in [-0.05, 0) is 18.2 Å². The van der Waals surface area contributed by atoms with Gasteiger partial charge in [0.15, 0.2) is 0 Å². The molecule has 0 aromatic heterocycles. The van der Waals surface area contributed by atoms with Crippen LogP contribution >= 0.6 is 15.9 Å². The molecule has 0 aliphatic carbocycles. The van der Waals surface area contributed by atoms with Gasteiger partial charge in [0.05, 0.1) is 6.54 Å². The fourth-order valence-electron chi connectivity index (χ4n) is 1.31. The summed E-state index contributed by atoms with van der Waals surface area (Å²) in [5.41, 5.74) is 0.420. The largest absolute Gasteiger partial charge is 0.480 e. The normalized spacial score (nSPS) is 9.79. The zero-order valence-electron chi connectivity index (χ0n) is 10.2. The summed E-state index contributed by atoms with van der Waals surface area (Å²) in [7, 11) is 1.36. The number of carboxylic acid groups (broad SMARTS) is 1. The highest BCUT2D eigenvalue weighted by Crippen LogP contribution is 2.11. The van der Waals surface area contributed by atoms with Crippen LogP contribution in [0.15, 0.2) is 28.7 Å². The van der Waals surface area contributed by atoms with Crippen molar-refractivity contribution in [1.82, 2.24) is 10.2 Å². The van der Waals surface area contributed by atoms with Gasteiger partial charge in [-0.1, -0.05) is 22.0 Å². The Balaban J connectivity index is 2.50. The smallest absolute Gasteiger partial charge is 0.323 e. The molecule has 2 N–H and O–H groups in total. The first-order chi connectivity index (χ1) is 8.90. The summed E-state index contributed by atoms with van der Waals surface area (Å²) in [4.78, 5) is 34.7. The van der Waals surface area contributed by atoms with Crippen LogP contribution in [0.5, 0.6) is 0 Å². The van der Waals surface area contributed by atoms with E-state index in [0.29, 0.717) is 5.56 Å². The Hall–Kier alpha value is -1.89. The number of carboxylic acids is 1. The first kappa shape index (κ1) is 15.2. The Morgan fingerprint density at radius 3 is 2.63 bits per heavy atom. The van der Waals surface area contributed by atoms with E-state index in [9.17, 15) is 14.4 Å². The quantitative estimate of drug-likeness (QED) is 0.833. The minimum Gasteiger partial charge on any atom is -0.480 e. The van der Waals surface area contributed by atoms with E-state index in [1.165, 1.54) is 7.05 Å². The molecule has 7 heteroatoms. The molecule has 0 aliphatic heterocycles. The molecule has 0 unspecified atom stereocenters. The molecule has 2 amide bonds. The van der Waals surface area contributed by atoms with E-state index in [-0.39, 0.29) is 6.54 Å². The molecular formula is C12H13BrN2O4. The van der Waals surface area contributed by atoms with E-state index in [2.05, 4.69) is 21.2 Å². The molecule has 0 spiro atoms. The van der Waals surface area contributed by atoms with Crippen molar-refractivity contribution in [2.45, 2.75) is 0 Å². The average Bonchev–Trinajstić information content (AvgIpc) is 2.34.